The van der Waals surface area contributed by atoms with Gasteiger partial charge in [0.1, 0.15) is 0 Å². The summed E-state index contributed by atoms with van der Waals surface area (Å²) in [7, 11) is 0. The Bertz CT molecular complexity index is 3420. The van der Waals surface area contributed by atoms with Crippen LogP contribution in [0.1, 0.15) is 25.0 Å². The topological polar surface area (TPSA) is 3.24 Å². The van der Waals surface area contributed by atoms with Gasteiger partial charge in [-0.05, 0) is 130 Å². The first-order chi connectivity index (χ1) is 32.5. The third-order valence-corrected chi connectivity index (χ3v) is 13.9. The van der Waals surface area contributed by atoms with Gasteiger partial charge in [0.15, 0.2) is 0 Å². The molecule has 0 heterocycles. The van der Waals surface area contributed by atoms with E-state index in [2.05, 4.69) is 267 Å². The standard InChI is InChI=1S/C65H47N/c1-65(2)61-42-53(57-23-13-19-52-18-9-10-20-56(52)57)36-41-60(61)64-59-22-12-11-21-58(59)63(43-62(64)65)66(54-37-32-50(33-38-54)48-28-24-46(25-29-48)44-14-5-3-6-15-44)55-39-34-51(35-40-55)49-30-26-47(27-31-49)45-16-7-4-8-17-45/h3-43H,1-2H3. The van der Waals surface area contributed by atoms with Gasteiger partial charge in [0.25, 0.3) is 0 Å². The number of nitrogens with zero attached hydrogens (tertiary/aromatic N) is 1. The fourth-order valence-corrected chi connectivity index (χ4v) is 10.4. The van der Waals surface area contributed by atoms with E-state index in [1.54, 1.807) is 0 Å². The molecule has 0 saturated carbocycles. The number of anilines is 3. The van der Waals surface area contributed by atoms with E-state index < -0.39 is 0 Å². The number of fused-ring (bicyclic) bond motifs is 6. The first kappa shape index (κ1) is 39.3. The zero-order valence-electron chi connectivity index (χ0n) is 37.1. The Balaban J connectivity index is 0.974. The lowest BCUT2D eigenvalue weighted by Gasteiger charge is -2.30. The number of hydrogen-bond acceptors (Lipinski definition) is 1. The summed E-state index contributed by atoms with van der Waals surface area (Å²) < 4.78 is 0. The van der Waals surface area contributed by atoms with Crippen LogP contribution in [0.3, 0.4) is 0 Å². The summed E-state index contributed by atoms with van der Waals surface area (Å²) in [5, 5.41) is 5.03. The van der Waals surface area contributed by atoms with Crippen molar-refractivity contribution in [2.24, 2.45) is 0 Å². The molecule has 0 bridgehead atoms. The van der Waals surface area contributed by atoms with E-state index >= 15 is 0 Å². The summed E-state index contributed by atoms with van der Waals surface area (Å²) in [5.74, 6) is 0. The molecule has 0 aliphatic heterocycles. The zero-order chi connectivity index (χ0) is 44.2. The fraction of sp³-hybridized carbons (Fsp3) is 0.0462. The van der Waals surface area contributed by atoms with E-state index in [0.29, 0.717) is 0 Å². The largest absolute Gasteiger partial charge is 0.310 e. The molecule has 1 aliphatic rings. The van der Waals surface area contributed by atoms with Crippen molar-refractivity contribution >= 4 is 38.6 Å². The molecule has 0 spiro atoms. The molecule has 0 amide bonds. The molecule has 0 unspecified atom stereocenters. The van der Waals surface area contributed by atoms with Crippen LogP contribution in [0.4, 0.5) is 17.1 Å². The smallest absolute Gasteiger partial charge is 0.0543 e. The Labute approximate surface area is 387 Å². The van der Waals surface area contributed by atoms with Crippen molar-refractivity contribution < 1.29 is 0 Å². The second-order valence-corrected chi connectivity index (χ2v) is 18.1. The van der Waals surface area contributed by atoms with Crippen LogP contribution in [0.25, 0.3) is 88.3 Å². The van der Waals surface area contributed by atoms with Crippen molar-refractivity contribution in [3.05, 3.63) is 260 Å². The van der Waals surface area contributed by atoms with Crippen LogP contribution in [0.5, 0.6) is 0 Å². The molecule has 1 nitrogen and oxygen atoms in total. The SMILES string of the molecule is CC1(C)c2cc(-c3cccc4ccccc34)ccc2-c2c1cc(N(c1ccc(-c3ccc(-c4ccccc4)cc3)cc1)c1ccc(-c3ccc(-c4ccccc4)cc3)cc1)c1ccccc21. The van der Waals surface area contributed by atoms with Crippen molar-refractivity contribution in [2.75, 3.05) is 4.90 Å². The Hall–Kier alpha value is -8.26. The Morgan fingerprint density at radius 1 is 0.288 bits per heavy atom. The van der Waals surface area contributed by atoms with Crippen molar-refractivity contribution in [3.8, 4) is 66.8 Å². The van der Waals surface area contributed by atoms with E-state index in [1.165, 1.54) is 105 Å². The maximum atomic E-state index is 2.49. The quantitative estimate of drug-likeness (QED) is 0.147. The van der Waals surface area contributed by atoms with Gasteiger partial charge in [-0.15, -0.1) is 0 Å². The van der Waals surface area contributed by atoms with Gasteiger partial charge in [0, 0.05) is 22.2 Å². The third-order valence-electron chi connectivity index (χ3n) is 13.9. The summed E-state index contributed by atoms with van der Waals surface area (Å²) in [6.45, 7) is 4.81. The number of rotatable bonds is 8. The molecule has 0 radical (unpaired) electrons. The second-order valence-electron chi connectivity index (χ2n) is 18.1. The highest BCUT2D eigenvalue weighted by molar-refractivity contribution is 6.10. The van der Waals surface area contributed by atoms with Gasteiger partial charge in [0.05, 0.1) is 5.69 Å². The Morgan fingerprint density at radius 3 is 1.23 bits per heavy atom. The molecule has 0 saturated heterocycles. The average Bonchev–Trinajstić information content (AvgIpc) is 3.62. The Kier molecular flexibility index (Phi) is 9.58. The number of benzene rings is 11. The molecule has 0 atom stereocenters. The summed E-state index contributed by atoms with van der Waals surface area (Å²) in [5.41, 5.74) is 20.7. The molecule has 0 fully saturated rings. The van der Waals surface area contributed by atoms with Crippen LogP contribution in [0.15, 0.2) is 249 Å². The van der Waals surface area contributed by atoms with Crippen LogP contribution >= 0.6 is 0 Å². The van der Waals surface area contributed by atoms with Crippen molar-refractivity contribution in [1.82, 2.24) is 0 Å². The first-order valence-corrected chi connectivity index (χ1v) is 23.0. The van der Waals surface area contributed by atoms with Crippen molar-refractivity contribution in [2.45, 2.75) is 19.3 Å². The fourth-order valence-electron chi connectivity index (χ4n) is 10.4. The van der Waals surface area contributed by atoms with Crippen molar-refractivity contribution in [3.63, 3.8) is 0 Å². The van der Waals surface area contributed by atoms with E-state index in [9.17, 15) is 0 Å². The summed E-state index contributed by atoms with van der Waals surface area (Å²) in [4.78, 5) is 2.47. The molecular weight excluding hydrogens is 795 g/mol. The lowest BCUT2D eigenvalue weighted by atomic mass is 9.80. The van der Waals surface area contributed by atoms with Gasteiger partial charge >= 0.3 is 0 Å². The van der Waals surface area contributed by atoms with E-state index in [0.717, 1.165) is 11.4 Å². The molecule has 1 aliphatic carbocycles. The summed E-state index contributed by atoms with van der Waals surface area (Å²) in [6, 6.07) is 91.3. The van der Waals surface area contributed by atoms with E-state index in [1.807, 2.05) is 0 Å². The van der Waals surface area contributed by atoms with Crippen LogP contribution in [-0.4, -0.2) is 0 Å². The van der Waals surface area contributed by atoms with Gasteiger partial charge in [-0.3, -0.25) is 0 Å². The van der Waals surface area contributed by atoms with Gasteiger partial charge in [-0.2, -0.15) is 0 Å². The average molecular weight is 842 g/mol. The summed E-state index contributed by atoms with van der Waals surface area (Å²) in [6.07, 6.45) is 0. The van der Waals surface area contributed by atoms with E-state index in [4.69, 9.17) is 0 Å². The maximum Gasteiger partial charge on any atom is 0.0543 e. The van der Waals surface area contributed by atoms with Crippen molar-refractivity contribution in [1.29, 1.82) is 0 Å². The lowest BCUT2D eigenvalue weighted by molar-refractivity contribution is 0.661. The summed E-state index contributed by atoms with van der Waals surface area (Å²) >= 11 is 0. The molecule has 0 N–H and O–H groups in total. The van der Waals surface area contributed by atoms with Gasteiger partial charge in [-0.1, -0.05) is 226 Å². The predicted octanol–water partition coefficient (Wildman–Crippen LogP) is 18.1. The monoisotopic (exact) mass is 841 g/mol. The predicted molar refractivity (Wildman–Crippen MR) is 281 cm³/mol. The normalized spacial score (nSPS) is 12.5. The first-order valence-electron chi connectivity index (χ1n) is 23.0. The lowest BCUT2D eigenvalue weighted by Crippen LogP contribution is -2.17. The highest BCUT2D eigenvalue weighted by atomic mass is 15.1. The molecule has 312 valence electrons. The molecule has 12 rings (SSSR count). The van der Waals surface area contributed by atoms with Crippen LogP contribution < -0.4 is 4.90 Å². The third kappa shape index (κ3) is 6.80. The van der Waals surface area contributed by atoms with Crippen LogP contribution in [0, 0.1) is 0 Å². The molecule has 0 aromatic heterocycles. The maximum absolute atomic E-state index is 2.49. The highest BCUT2D eigenvalue weighted by Crippen LogP contribution is 2.55. The zero-order valence-corrected chi connectivity index (χ0v) is 37.1. The highest BCUT2D eigenvalue weighted by Gasteiger charge is 2.38. The minimum absolute atomic E-state index is 0.249. The molecule has 11 aromatic carbocycles. The van der Waals surface area contributed by atoms with Crippen LogP contribution in [-0.2, 0) is 5.41 Å². The second kappa shape index (κ2) is 16.1. The number of hydrogen-bond donors (Lipinski definition) is 0. The van der Waals surface area contributed by atoms with Gasteiger partial charge in [-0.25, -0.2) is 0 Å². The molecular formula is C65H47N. The minimum Gasteiger partial charge on any atom is -0.310 e. The Morgan fingerprint density at radius 2 is 0.697 bits per heavy atom. The van der Waals surface area contributed by atoms with Crippen LogP contribution in [0.2, 0.25) is 0 Å². The molecule has 11 aromatic rings. The van der Waals surface area contributed by atoms with Gasteiger partial charge < -0.3 is 4.90 Å². The molecule has 66 heavy (non-hydrogen) atoms. The van der Waals surface area contributed by atoms with E-state index in [-0.39, 0.29) is 5.41 Å². The minimum atomic E-state index is -0.249. The molecule has 1 heteroatoms. The van der Waals surface area contributed by atoms with Gasteiger partial charge in [0.2, 0.25) is 0 Å².